The predicted octanol–water partition coefficient (Wildman–Crippen LogP) is 1.22. The second kappa shape index (κ2) is 7.31. The van der Waals surface area contributed by atoms with E-state index in [0.717, 1.165) is 45.7 Å². The molecule has 6 heteroatoms. The third-order valence-electron chi connectivity index (χ3n) is 4.34. The molecule has 0 aromatic heterocycles. The van der Waals surface area contributed by atoms with E-state index >= 15 is 0 Å². The van der Waals surface area contributed by atoms with Crippen LogP contribution in [0.3, 0.4) is 0 Å². The fourth-order valence-electron chi connectivity index (χ4n) is 3.11. The van der Waals surface area contributed by atoms with Gasteiger partial charge in [-0.3, -0.25) is 9.69 Å². The maximum Gasteiger partial charge on any atom is 0.260 e. The first-order valence-electron chi connectivity index (χ1n) is 7.83. The molecule has 1 aromatic rings. The van der Waals surface area contributed by atoms with E-state index in [9.17, 15) is 4.79 Å². The van der Waals surface area contributed by atoms with Gasteiger partial charge in [0, 0.05) is 50.3 Å². The molecule has 0 saturated carbocycles. The molecule has 1 N–H and O–H groups in total. The molecular formula is C16H22ClN3O2. The molecule has 0 spiro atoms. The van der Waals surface area contributed by atoms with Gasteiger partial charge in [-0.05, 0) is 24.6 Å². The van der Waals surface area contributed by atoms with Gasteiger partial charge in [-0.1, -0.05) is 17.7 Å². The molecule has 2 fully saturated rings. The van der Waals surface area contributed by atoms with Gasteiger partial charge in [0.15, 0.2) is 6.61 Å². The molecule has 0 radical (unpaired) electrons. The molecule has 0 bridgehead atoms. The van der Waals surface area contributed by atoms with E-state index in [4.69, 9.17) is 16.3 Å². The SMILES string of the molecule is O=C(COc1cccc(Cl)c1)N1CCC(N2CCNCC2)C1. The van der Waals surface area contributed by atoms with E-state index in [0.29, 0.717) is 16.8 Å². The maximum atomic E-state index is 12.3. The van der Waals surface area contributed by atoms with Crippen LogP contribution in [-0.4, -0.2) is 67.6 Å². The average molecular weight is 324 g/mol. The topological polar surface area (TPSA) is 44.8 Å². The van der Waals surface area contributed by atoms with Gasteiger partial charge >= 0.3 is 0 Å². The summed E-state index contributed by atoms with van der Waals surface area (Å²) in [6.07, 6.45) is 1.06. The van der Waals surface area contributed by atoms with E-state index < -0.39 is 0 Å². The van der Waals surface area contributed by atoms with Crippen molar-refractivity contribution >= 4 is 17.5 Å². The Kier molecular flexibility index (Phi) is 5.18. The molecule has 1 unspecified atom stereocenters. The molecule has 2 heterocycles. The van der Waals surface area contributed by atoms with E-state index in [1.54, 1.807) is 12.1 Å². The highest BCUT2D eigenvalue weighted by atomic mass is 35.5. The number of likely N-dealkylation sites (tertiary alicyclic amines) is 1. The van der Waals surface area contributed by atoms with Gasteiger partial charge in [0.25, 0.3) is 5.91 Å². The predicted molar refractivity (Wildman–Crippen MR) is 86.4 cm³/mol. The number of rotatable bonds is 4. The summed E-state index contributed by atoms with van der Waals surface area (Å²) in [5.74, 6) is 0.691. The lowest BCUT2D eigenvalue weighted by Crippen LogP contribution is -2.49. The molecular weight excluding hydrogens is 302 g/mol. The minimum atomic E-state index is 0.0533. The monoisotopic (exact) mass is 323 g/mol. The minimum Gasteiger partial charge on any atom is -0.484 e. The normalized spacial score (nSPS) is 22.8. The molecule has 2 aliphatic heterocycles. The molecule has 2 saturated heterocycles. The van der Waals surface area contributed by atoms with Gasteiger partial charge in [-0.15, -0.1) is 0 Å². The van der Waals surface area contributed by atoms with Crippen LogP contribution in [0.2, 0.25) is 5.02 Å². The second-order valence-electron chi connectivity index (χ2n) is 5.81. The summed E-state index contributed by atoms with van der Waals surface area (Å²) >= 11 is 5.91. The number of piperazine rings is 1. The van der Waals surface area contributed by atoms with Crippen LogP contribution in [0, 0.1) is 0 Å². The number of carbonyl (C=O) groups is 1. The minimum absolute atomic E-state index is 0.0533. The van der Waals surface area contributed by atoms with Crippen molar-refractivity contribution in [2.24, 2.45) is 0 Å². The Bertz CT molecular complexity index is 520. The first-order chi connectivity index (χ1) is 10.7. The highest BCUT2D eigenvalue weighted by Gasteiger charge is 2.30. The summed E-state index contributed by atoms with van der Waals surface area (Å²) in [6, 6.07) is 7.64. The third-order valence-corrected chi connectivity index (χ3v) is 4.58. The molecule has 5 nitrogen and oxygen atoms in total. The van der Waals surface area contributed by atoms with Crippen LogP contribution >= 0.6 is 11.6 Å². The standard InChI is InChI=1S/C16H22ClN3O2/c17-13-2-1-3-15(10-13)22-12-16(21)20-7-4-14(11-20)19-8-5-18-6-9-19/h1-3,10,14,18H,4-9,11-12H2. The lowest BCUT2D eigenvalue weighted by molar-refractivity contribution is -0.132. The quantitative estimate of drug-likeness (QED) is 0.905. The Hall–Kier alpha value is -1.30. The summed E-state index contributed by atoms with van der Waals surface area (Å²) in [7, 11) is 0. The second-order valence-corrected chi connectivity index (χ2v) is 6.25. The molecule has 1 atom stereocenters. The largest absolute Gasteiger partial charge is 0.484 e. The molecule has 0 aliphatic carbocycles. The highest BCUT2D eigenvalue weighted by Crippen LogP contribution is 2.19. The van der Waals surface area contributed by atoms with Crippen LogP contribution in [0.5, 0.6) is 5.75 Å². The van der Waals surface area contributed by atoms with Crippen LogP contribution in [-0.2, 0) is 4.79 Å². The van der Waals surface area contributed by atoms with Crippen LogP contribution in [0.15, 0.2) is 24.3 Å². The first kappa shape index (κ1) is 15.6. The summed E-state index contributed by atoms with van der Waals surface area (Å²) < 4.78 is 5.54. The number of halogens is 1. The van der Waals surface area contributed by atoms with Crippen LogP contribution < -0.4 is 10.1 Å². The smallest absolute Gasteiger partial charge is 0.260 e. The van der Waals surface area contributed by atoms with Crippen molar-refractivity contribution in [2.75, 3.05) is 45.9 Å². The lowest BCUT2D eigenvalue weighted by atomic mass is 10.2. The molecule has 120 valence electrons. The third kappa shape index (κ3) is 3.91. The van der Waals surface area contributed by atoms with Gasteiger partial charge in [-0.2, -0.15) is 0 Å². The molecule has 1 aromatic carbocycles. The van der Waals surface area contributed by atoms with Gasteiger partial charge in [-0.25, -0.2) is 0 Å². The lowest BCUT2D eigenvalue weighted by Gasteiger charge is -2.32. The fourth-order valence-corrected chi connectivity index (χ4v) is 3.29. The summed E-state index contributed by atoms with van der Waals surface area (Å²) in [5, 5.41) is 3.98. The Morgan fingerprint density at radius 2 is 2.14 bits per heavy atom. The van der Waals surface area contributed by atoms with Gasteiger partial charge in [0.05, 0.1) is 0 Å². The Morgan fingerprint density at radius 1 is 1.32 bits per heavy atom. The molecule has 3 rings (SSSR count). The number of nitrogens with one attached hydrogen (secondary N) is 1. The highest BCUT2D eigenvalue weighted by molar-refractivity contribution is 6.30. The van der Waals surface area contributed by atoms with E-state index in [2.05, 4.69) is 10.2 Å². The molecule has 1 amide bonds. The van der Waals surface area contributed by atoms with Crippen LogP contribution in [0.1, 0.15) is 6.42 Å². The number of hydrogen-bond donors (Lipinski definition) is 1. The van der Waals surface area contributed by atoms with Crippen LogP contribution in [0.4, 0.5) is 0 Å². The summed E-state index contributed by atoms with van der Waals surface area (Å²) in [4.78, 5) is 16.7. The van der Waals surface area contributed by atoms with Crippen molar-refractivity contribution in [1.29, 1.82) is 0 Å². The van der Waals surface area contributed by atoms with Crippen LogP contribution in [0.25, 0.3) is 0 Å². The van der Waals surface area contributed by atoms with E-state index in [1.807, 2.05) is 17.0 Å². The maximum absolute atomic E-state index is 12.3. The number of hydrogen-bond acceptors (Lipinski definition) is 4. The first-order valence-corrected chi connectivity index (χ1v) is 8.21. The zero-order valence-corrected chi connectivity index (χ0v) is 13.4. The Labute approximate surface area is 136 Å². The zero-order chi connectivity index (χ0) is 15.4. The van der Waals surface area contributed by atoms with Crippen molar-refractivity contribution in [2.45, 2.75) is 12.5 Å². The number of ether oxygens (including phenoxy) is 1. The number of benzene rings is 1. The summed E-state index contributed by atoms with van der Waals surface area (Å²) in [5.41, 5.74) is 0. The van der Waals surface area contributed by atoms with Crippen molar-refractivity contribution in [1.82, 2.24) is 15.1 Å². The summed E-state index contributed by atoms with van der Waals surface area (Å²) in [6.45, 7) is 5.96. The van der Waals surface area contributed by atoms with Gasteiger partial charge in [0.2, 0.25) is 0 Å². The van der Waals surface area contributed by atoms with Crippen molar-refractivity contribution < 1.29 is 9.53 Å². The molecule has 2 aliphatic rings. The number of amides is 1. The van der Waals surface area contributed by atoms with Gasteiger partial charge < -0.3 is 15.0 Å². The Morgan fingerprint density at radius 3 is 2.91 bits per heavy atom. The van der Waals surface area contributed by atoms with Gasteiger partial charge in [0.1, 0.15) is 5.75 Å². The average Bonchev–Trinajstić information content (AvgIpc) is 3.04. The van der Waals surface area contributed by atoms with Crippen molar-refractivity contribution in [3.8, 4) is 5.75 Å². The molecule has 22 heavy (non-hydrogen) atoms. The van der Waals surface area contributed by atoms with Crippen molar-refractivity contribution in [3.05, 3.63) is 29.3 Å². The number of nitrogens with zero attached hydrogens (tertiary/aromatic N) is 2. The number of carbonyl (C=O) groups excluding carboxylic acids is 1. The van der Waals surface area contributed by atoms with E-state index in [-0.39, 0.29) is 12.5 Å². The fraction of sp³-hybridized carbons (Fsp3) is 0.562. The van der Waals surface area contributed by atoms with E-state index in [1.165, 1.54) is 0 Å². The van der Waals surface area contributed by atoms with Crippen molar-refractivity contribution in [3.63, 3.8) is 0 Å². The Balaban J connectivity index is 1.47. The zero-order valence-electron chi connectivity index (χ0n) is 12.6.